The maximum absolute atomic E-state index is 12.5. The summed E-state index contributed by atoms with van der Waals surface area (Å²) in [5.41, 5.74) is 1.72. The zero-order chi connectivity index (χ0) is 20.1. The Bertz CT molecular complexity index is 945. The molecule has 2 heterocycles. The SMILES string of the molecule is O=C(NCCCC(=O)N1CCC(c2nc3ccccc3s2)CC1)c1ccccc1. The van der Waals surface area contributed by atoms with Crippen LogP contribution in [0.4, 0.5) is 0 Å². The van der Waals surface area contributed by atoms with Crippen LogP contribution in [0.1, 0.15) is 47.0 Å². The van der Waals surface area contributed by atoms with E-state index in [0.717, 1.165) is 31.4 Å². The molecule has 0 unspecified atom stereocenters. The van der Waals surface area contributed by atoms with Crippen molar-refractivity contribution >= 4 is 33.4 Å². The second kappa shape index (κ2) is 9.18. The number of para-hydroxylation sites is 1. The van der Waals surface area contributed by atoms with Gasteiger partial charge in [-0.1, -0.05) is 30.3 Å². The minimum Gasteiger partial charge on any atom is -0.352 e. The van der Waals surface area contributed by atoms with Crippen molar-refractivity contribution < 1.29 is 9.59 Å². The van der Waals surface area contributed by atoms with Crippen molar-refractivity contribution in [2.45, 2.75) is 31.6 Å². The van der Waals surface area contributed by atoms with Crippen LogP contribution in [0.2, 0.25) is 0 Å². The number of piperidine rings is 1. The Hall–Kier alpha value is -2.73. The Labute approximate surface area is 174 Å². The summed E-state index contributed by atoms with van der Waals surface area (Å²) in [5.74, 6) is 0.540. The van der Waals surface area contributed by atoms with Crippen molar-refractivity contribution in [3.8, 4) is 0 Å². The summed E-state index contributed by atoms with van der Waals surface area (Å²) in [6, 6.07) is 17.4. The molecule has 0 aliphatic carbocycles. The third-order valence-electron chi connectivity index (χ3n) is 5.40. The average Bonchev–Trinajstić information content (AvgIpc) is 3.21. The number of nitrogens with one attached hydrogen (secondary N) is 1. The molecule has 2 amide bonds. The summed E-state index contributed by atoms with van der Waals surface area (Å²) in [6.07, 6.45) is 3.07. The Morgan fingerprint density at radius 3 is 2.52 bits per heavy atom. The molecule has 5 nitrogen and oxygen atoms in total. The van der Waals surface area contributed by atoms with Gasteiger partial charge >= 0.3 is 0 Å². The van der Waals surface area contributed by atoms with Crippen LogP contribution in [-0.4, -0.2) is 41.3 Å². The maximum Gasteiger partial charge on any atom is 0.251 e. The predicted molar refractivity (Wildman–Crippen MR) is 116 cm³/mol. The van der Waals surface area contributed by atoms with E-state index in [1.807, 2.05) is 35.2 Å². The standard InChI is InChI=1S/C23H25N3O2S/c27-21(11-6-14-24-22(28)17-7-2-1-3-8-17)26-15-12-18(13-16-26)23-25-19-9-4-5-10-20(19)29-23/h1-5,7-10,18H,6,11-16H2,(H,24,28). The van der Waals surface area contributed by atoms with E-state index in [1.165, 1.54) is 9.71 Å². The van der Waals surface area contributed by atoms with Gasteiger partial charge in [-0.15, -0.1) is 11.3 Å². The molecular weight excluding hydrogens is 382 g/mol. The number of aromatic nitrogens is 1. The Balaban J connectivity index is 1.19. The van der Waals surface area contributed by atoms with Crippen molar-refractivity contribution in [2.75, 3.05) is 19.6 Å². The van der Waals surface area contributed by atoms with Crippen molar-refractivity contribution in [2.24, 2.45) is 0 Å². The number of carbonyl (C=O) groups is 2. The first kappa shape index (κ1) is 19.6. The van der Waals surface area contributed by atoms with Crippen LogP contribution < -0.4 is 5.32 Å². The molecule has 2 aromatic carbocycles. The molecule has 1 aliphatic rings. The highest BCUT2D eigenvalue weighted by Crippen LogP contribution is 2.33. The zero-order valence-corrected chi connectivity index (χ0v) is 17.2. The van der Waals surface area contributed by atoms with Gasteiger partial charge < -0.3 is 10.2 Å². The summed E-state index contributed by atoms with van der Waals surface area (Å²) in [5, 5.41) is 4.08. The normalized spacial score (nSPS) is 14.8. The molecule has 0 bridgehead atoms. The number of rotatable bonds is 6. The van der Waals surface area contributed by atoms with Crippen molar-refractivity contribution in [1.29, 1.82) is 0 Å². The van der Waals surface area contributed by atoms with Gasteiger partial charge in [-0.05, 0) is 43.5 Å². The number of hydrogen-bond acceptors (Lipinski definition) is 4. The largest absolute Gasteiger partial charge is 0.352 e. The minimum atomic E-state index is -0.0882. The Morgan fingerprint density at radius 1 is 1.03 bits per heavy atom. The number of benzene rings is 2. The molecular formula is C23H25N3O2S. The first-order chi connectivity index (χ1) is 14.2. The molecule has 6 heteroatoms. The smallest absolute Gasteiger partial charge is 0.251 e. The number of likely N-dealkylation sites (tertiary alicyclic amines) is 1. The lowest BCUT2D eigenvalue weighted by Crippen LogP contribution is -2.38. The van der Waals surface area contributed by atoms with Crippen molar-refractivity contribution in [3.05, 3.63) is 65.2 Å². The number of amides is 2. The van der Waals surface area contributed by atoms with Gasteiger partial charge in [-0.3, -0.25) is 9.59 Å². The molecule has 0 spiro atoms. The monoisotopic (exact) mass is 407 g/mol. The fourth-order valence-corrected chi connectivity index (χ4v) is 4.87. The minimum absolute atomic E-state index is 0.0882. The van der Waals surface area contributed by atoms with Crippen LogP contribution in [0.15, 0.2) is 54.6 Å². The highest BCUT2D eigenvalue weighted by molar-refractivity contribution is 7.18. The van der Waals surface area contributed by atoms with Gasteiger partial charge in [-0.25, -0.2) is 4.98 Å². The Kier molecular flexibility index (Phi) is 6.20. The zero-order valence-electron chi connectivity index (χ0n) is 16.3. The molecule has 1 aliphatic heterocycles. The maximum atomic E-state index is 12.5. The quantitative estimate of drug-likeness (QED) is 0.623. The van der Waals surface area contributed by atoms with Crippen LogP contribution in [0.25, 0.3) is 10.2 Å². The van der Waals surface area contributed by atoms with Crippen LogP contribution in [0.5, 0.6) is 0 Å². The van der Waals surface area contributed by atoms with E-state index in [1.54, 1.807) is 23.5 Å². The van der Waals surface area contributed by atoms with E-state index in [4.69, 9.17) is 4.98 Å². The number of fused-ring (bicyclic) bond motifs is 1. The molecule has 1 N–H and O–H groups in total. The fraction of sp³-hybridized carbons (Fsp3) is 0.348. The first-order valence-corrected chi connectivity index (χ1v) is 11.0. The van der Waals surface area contributed by atoms with E-state index >= 15 is 0 Å². The van der Waals surface area contributed by atoms with E-state index in [-0.39, 0.29) is 11.8 Å². The van der Waals surface area contributed by atoms with Gasteiger partial charge in [0.15, 0.2) is 0 Å². The number of thiazole rings is 1. The van der Waals surface area contributed by atoms with Gasteiger partial charge in [0.2, 0.25) is 5.91 Å². The third kappa shape index (κ3) is 4.82. The molecule has 3 aromatic rings. The van der Waals surface area contributed by atoms with E-state index < -0.39 is 0 Å². The lowest BCUT2D eigenvalue weighted by atomic mass is 9.97. The molecule has 29 heavy (non-hydrogen) atoms. The number of carbonyl (C=O) groups excluding carboxylic acids is 2. The Morgan fingerprint density at radius 2 is 1.76 bits per heavy atom. The molecule has 4 rings (SSSR count). The van der Waals surface area contributed by atoms with Crippen molar-refractivity contribution in [3.63, 3.8) is 0 Å². The van der Waals surface area contributed by atoms with Gasteiger partial charge in [0.25, 0.3) is 5.91 Å². The van der Waals surface area contributed by atoms with Gasteiger partial charge in [0.1, 0.15) is 0 Å². The highest BCUT2D eigenvalue weighted by Gasteiger charge is 2.25. The van der Waals surface area contributed by atoms with Crippen LogP contribution in [0.3, 0.4) is 0 Å². The number of nitrogens with zero attached hydrogens (tertiary/aromatic N) is 2. The molecule has 150 valence electrons. The van der Waals surface area contributed by atoms with E-state index in [2.05, 4.69) is 17.4 Å². The summed E-state index contributed by atoms with van der Waals surface area (Å²) in [7, 11) is 0. The third-order valence-corrected chi connectivity index (χ3v) is 6.60. The lowest BCUT2D eigenvalue weighted by Gasteiger charge is -2.31. The summed E-state index contributed by atoms with van der Waals surface area (Å²) in [6.45, 7) is 2.09. The van der Waals surface area contributed by atoms with E-state index in [0.29, 0.717) is 30.9 Å². The van der Waals surface area contributed by atoms with Gasteiger partial charge in [0, 0.05) is 37.5 Å². The van der Waals surface area contributed by atoms with Gasteiger partial charge in [0.05, 0.1) is 15.2 Å². The average molecular weight is 408 g/mol. The summed E-state index contributed by atoms with van der Waals surface area (Å²) in [4.78, 5) is 31.3. The number of hydrogen-bond donors (Lipinski definition) is 1. The summed E-state index contributed by atoms with van der Waals surface area (Å²) < 4.78 is 1.23. The van der Waals surface area contributed by atoms with Gasteiger partial charge in [-0.2, -0.15) is 0 Å². The predicted octanol–water partition coefficient (Wildman–Crippen LogP) is 4.21. The first-order valence-electron chi connectivity index (χ1n) is 10.2. The van der Waals surface area contributed by atoms with E-state index in [9.17, 15) is 9.59 Å². The van der Waals surface area contributed by atoms with Crippen molar-refractivity contribution in [1.82, 2.24) is 15.2 Å². The molecule has 1 saturated heterocycles. The van der Waals surface area contributed by atoms with Crippen LogP contribution >= 0.6 is 11.3 Å². The van der Waals surface area contributed by atoms with Crippen LogP contribution in [-0.2, 0) is 4.79 Å². The molecule has 0 radical (unpaired) electrons. The topological polar surface area (TPSA) is 62.3 Å². The fourth-order valence-electron chi connectivity index (χ4n) is 3.73. The molecule has 0 saturated carbocycles. The highest BCUT2D eigenvalue weighted by atomic mass is 32.1. The lowest BCUT2D eigenvalue weighted by molar-refractivity contribution is -0.132. The second-order valence-corrected chi connectivity index (χ2v) is 8.46. The van der Waals surface area contributed by atoms with Crippen LogP contribution in [0, 0.1) is 0 Å². The second-order valence-electron chi connectivity index (χ2n) is 7.40. The molecule has 0 atom stereocenters. The summed E-state index contributed by atoms with van der Waals surface area (Å²) >= 11 is 1.78. The molecule has 1 aromatic heterocycles. The molecule has 1 fully saturated rings.